The third-order valence-corrected chi connectivity index (χ3v) is 1.77. The zero-order chi connectivity index (χ0) is 9.52. The Labute approximate surface area is 81.3 Å². The van der Waals surface area contributed by atoms with E-state index in [0.29, 0.717) is 5.94 Å². The van der Waals surface area contributed by atoms with Crippen LogP contribution in [0.4, 0.5) is 0 Å². The molecular formula is C9H9NO2S. The molecule has 0 aliphatic rings. The van der Waals surface area contributed by atoms with Crippen LogP contribution in [-0.4, -0.2) is 13.0 Å². The highest BCUT2D eigenvalue weighted by Gasteiger charge is 1.94. The van der Waals surface area contributed by atoms with Crippen molar-refractivity contribution in [3.63, 3.8) is 0 Å². The van der Waals surface area contributed by atoms with E-state index in [1.54, 1.807) is 19.2 Å². The molecule has 0 N–H and O–H groups in total. The van der Waals surface area contributed by atoms with E-state index in [-0.39, 0.29) is 0 Å². The van der Waals surface area contributed by atoms with Crippen molar-refractivity contribution in [1.29, 1.82) is 5.26 Å². The smallest absolute Gasteiger partial charge is 0.147 e. The summed E-state index contributed by atoms with van der Waals surface area (Å²) in [5, 5.41) is 10.2. The molecule has 0 heterocycles. The Hall–Kier alpha value is -1.34. The lowest BCUT2D eigenvalue weighted by Gasteiger charge is -2.03. The van der Waals surface area contributed by atoms with Crippen molar-refractivity contribution in [3.05, 3.63) is 24.3 Å². The van der Waals surface area contributed by atoms with Crippen LogP contribution < -0.4 is 9.47 Å². The first-order valence-corrected chi connectivity index (χ1v) is 4.63. The molecule has 1 aromatic carbocycles. The van der Waals surface area contributed by atoms with Gasteiger partial charge in [0.1, 0.15) is 22.8 Å². The summed E-state index contributed by atoms with van der Waals surface area (Å²) in [7, 11) is 1.61. The van der Waals surface area contributed by atoms with Crippen LogP contribution in [-0.2, 0) is 0 Å². The van der Waals surface area contributed by atoms with Gasteiger partial charge in [-0.25, -0.2) is 0 Å². The van der Waals surface area contributed by atoms with E-state index in [1.165, 1.54) is 0 Å². The molecule has 1 aromatic rings. The van der Waals surface area contributed by atoms with Crippen molar-refractivity contribution >= 4 is 11.8 Å². The molecule has 0 saturated heterocycles. The third kappa shape index (κ3) is 3.26. The van der Waals surface area contributed by atoms with E-state index in [2.05, 4.69) is 0 Å². The van der Waals surface area contributed by atoms with Gasteiger partial charge in [0.25, 0.3) is 0 Å². The van der Waals surface area contributed by atoms with Crippen molar-refractivity contribution in [2.24, 2.45) is 0 Å². The largest absolute Gasteiger partial charge is 0.497 e. The zero-order valence-electron chi connectivity index (χ0n) is 7.19. The van der Waals surface area contributed by atoms with Crippen molar-refractivity contribution in [2.45, 2.75) is 0 Å². The number of thioether (sulfide) groups is 1. The van der Waals surface area contributed by atoms with Gasteiger partial charge in [-0.05, 0) is 36.0 Å². The summed E-state index contributed by atoms with van der Waals surface area (Å²) >= 11 is 1.06. The van der Waals surface area contributed by atoms with Crippen molar-refractivity contribution in [3.8, 4) is 16.9 Å². The second kappa shape index (κ2) is 5.33. The minimum absolute atomic E-state index is 0.350. The van der Waals surface area contributed by atoms with Crippen LogP contribution in [0.25, 0.3) is 0 Å². The maximum atomic E-state index is 8.24. The number of thiocyanates is 1. The topological polar surface area (TPSA) is 42.2 Å². The van der Waals surface area contributed by atoms with Gasteiger partial charge in [-0.1, -0.05) is 0 Å². The number of hydrogen-bond donors (Lipinski definition) is 0. The molecule has 0 fully saturated rings. The van der Waals surface area contributed by atoms with Gasteiger partial charge in [-0.2, -0.15) is 5.26 Å². The zero-order valence-corrected chi connectivity index (χ0v) is 8.00. The number of nitriles is 1. The van der Waals surface area contributed by atoms with Crippen LogP contribution in [0.1, 0.15) is 0 Å². The molecule has 0 unspecified atom stereocenters. The maximum Gasteiger partial charge on any atom is 0.147 e. The summed E-state index contributed by atoms with van der Waals surface area (Å²) in [5.41, 5.74) is 0. The summed E-state index contributed by atoms with van der Waals surface area (Å²) in [6.45, 7) is 0. The molecular weight excluding hydrogens is 186 g/mol. The van der Waals surface area contributed by atoms with Gasteiger partial charge in [-0.15, -0.1) is 0 Å². The monoisotopic (exact) mass is 195 g/mol. The second-order valence-electron chi connectivity index (χ2n) is 2.17. The predicted octanol–water partition coefficient (Wildman–Crippen LogP) is 2.25. The van der Waals surface area contributed by atoms with Gasteiger partial charge in [0.2, 0.25) is 0 Å². The first-order valence-electron chi connectivity index (χ1n) is 3.64. The first-order chi connectivity index (χ1) is 6.36. The summed E-state index contributed by atoms with van der Waals surface area (Å²) in [6, 6.07) is 7.23. The first kappa shape index (κ1) is 9.75. The molecule has 13 heavy (non-hydrogen) atoms. The van der Waals surface area contributed by atoms with Crippen molar-refractivity contribution < 1.29 is 9.47 Å². The summed E-state index contributed by atoms with van der Waals surface area (Å²) in [6.07, 6.45) is 0. The van der Waals surface area contributed by atoms with Gasteiger partial charge in [0.05, 0.1) is 7.11 Å². The highest BCUT2D eigenvalue weighted by molar-refractivity contribution is 8.03. The molecule has 0 saturated carbocycles. The van der Waals surface area contributed by atoms with Crippen LogP contribution in [0, 0.1) is 10.7 Å². The fourth-order valence-corrected chi connectivity index (χ4v) is 1.04. The second-order valence-corrected chi connectivity index (χ2v) is 2.88. The Morgan fingerprint density at radius 3 is 2.46 bits per heavy atom. The van der Waals surface area contributed by atoms with E-state index in [1.807, 2.05) is 17.5 Å². The number of methoxy groups -OCH3 is 1. The highest BCUT2D eigenvalue weighted by Crippen LogP contribution is 2.17. The Balaban J connectivity index is 2.45. The standard InChI is InChI=1S/C9H9NO2S/c1-11-8-2-4-9(5-3-8)12-7-13-6-10/h2-5H,7H2,1H3. The normalized spacial score (nSPS) is 8.92. The lowest BCUT2D eigenvalue weighted by atomic mass is 10.3. The Bertz CT molecular complexity index is 291. The third-order valence-electron chi connectivity index (χ3n) is 1.41. The molecule has 0 radical (unpaired) electrons. The van der Waals surface area contributed by atoms with Gasteiger partial charge in [0.15, 0.2) is 0 Å². The highest BCUT2D eigenvalue weighted by atomic mass is 32.2. The summed E-state index contributed by atoms with van der Waals surface area (Å²) in [5.74, 6) is 1.88. The number of hydrogen-bond acceptors (Lipinski definition) is 4. The van der Waals surface area contributed by atoms with Crippen LogP contribution in [0.3, 0.4) is 0 Å². The van der Waals surface area contributed by atoms with Gasteiger partial charge < -0.3 is 9.47 Å². The molecule has 0 aliphatic carbocycles. The minimum Gasteiger partial charge on any atom is -0.497 e. The van der Waals surface area contributed by atoms with Gasteiger partial charge in [0, 0.05) is 0 Å². The van der Waals surface area contributed by atoms with E-state index >= 15 is 0 Å². The average Bonchev–Trinajstić information content (AvgIpc) is 2.19. The summed E-state index contributed by atoms with van der Waals surface area (Å²) < 4.78 is 10.2. The predicted molar refractivity (Wildman–Crippen MR) is 51.7 cm³/mol. The fraction of sp³-hybridized carbons (Fsp3) is 0.222. The molecule has 0 aliphatic heterocycles. The van der Waals surface area contributed by atoms with Crippen molar-refractivity contribution in [2.75, 3.05) is 13.0 Å². The fourth-order valence-electron chi connectivity index (χ4n) is 0.796. The number of ether oxygens (including phenoxy) is 2. The SMILES string of the molecule is COc1ccc(OCSC#N)cc1. The van der Waals surface area contributed by atoms with E-state index in [9.17, 15) is 0 Å². The summed E-state index contributed by atoms with van der Waals surface area (Å²) in [4.78, 5) is 0. The van der Waals surface area contributed by atoms with Gasteiger partial charge >= 0.3 is 0 Å². The minimum atomic E-state index is 0.350. The van der Waals surface area contributed by atoms with Crippen LogP contribution in [0.2, 0.25) is 0 Å². The molecule has 4 heteroatoms. The Morgan fingerprint density at radius 1 is 1.31 bits per heavy atom. The van der Waals surface area contributed by atoms with Crippen LogP contribution in [0.15, 0.2) is 24.3 Å². The van der Waals surface area contributed by atoms with E-state index in [0.717, 1.165) is 23.3 Å². The average molecular weight is 195 g/mol. The maximum absolute atomic E-state index is 8.24. The quantitative estimate of drug-likeness (QED) is 0.420. The molecule has 3 nitrogen and oxygen atoms in total. The Morgan fingerprint density at radius 2 is 1.92 bits per heavy atom. The molecule has 68 valence electrons. The van der Waals surface area contributed by atoms with Crippen molar-refractivity contribution in [1.82, 2.24) is 0 Å². The number of benzene rings is 1. The van der Waals surface area contributed by atoms with E-state index < -0.39 is 0 Å². The molecule has 0 bridgehead atoms. The number of nitrogens with zero attached hydrogens (tertiary/aromatic N) is 1. The van der Waals surface area contributed by atoms with Crippen LogP contribution in [0.5, 0.6) is 11.5 Å². The lowest BCUT2D eigenvalue weighted by Crippen LogP contribution is -1.91. The van der Waals surface area contributed by atoms with Gasteiger partial charge in [-0.3, -0.25) is 0 Å². The lowest BCUT2D eigenvalue weighted by molar-refractivity contribution is 0.389. The number of rotatable bonds is 4. The molecule has 0 amide bonds. The van der Waals surface area contributed by atoms with Crippen LogP contribution >= 0.6 is 11.8 Å². The Kier molecular flexibility index (Phi) is 4.00. The molecule has 0 aromatic heterocycles. The van der Waals surface area contributed by atoms with E-state index in [4.69, 9.17) is 14.7 Å². The molecule has 0 atom stereocenters. The molecule has 1 rings (SSSR count). The molecule has 0 spiro atoms.